The Morgan fingerprint density at radius 1 is 0.786 bits per heavy atom. The maximum absolute atomic E-state index is 13.0. The maximum Gasteiger partial charge on any atom is 0.419 e. The van der Waals surface area contributed by atoms with Gasteiger partial charge in [0.15, 0.2) is 0 Å². The fraction of sp³-hybridized carbons (Fsp3) is 0.364. The number of rotatable bonds is 1. The summed E-state index contributed by atoms with van der Waals surface area (Å²) in [6.45, 7) is 10.9. The fourth-order valence-corrected chi connectivity index (χ4v) is 2.91. The van der Waals surface area contributed by atoms with Crippen molar-refractivity contribution in [3.63, 3.8) is 0 Å². The third kappa shape index (κ3) is 4.11. The Morgan fingerprint density at radius 3 is 2.04 bits per heavy atom. The Labute approximate surface area is 164 Å². The van der Waals surface area contributed by atoms with Crippen molar-refractivity contribution in [2.45, 2.75) is 52.7 Å². The molecule has 0 atom stereocenters. The number of carbonyl (C=O) groups excluding carboxylic acids is 2. The second kappa shape index (κ2) is 6.86. The zero-order valence-corrected chi connectivity index (χ0v) is 17.1. The molecule has 148 valence electrons. The minimum atomic E-state index is -0.646. The van der Waals surface area contributed by atoms with Gasteiger partial charge in [0.25, 0.3) is 0 Å². The van der Waals surface area contributed by atoms with E-state index in [-0.39, 0.29) is 0 Å². The Kier molecular flexibility index (Phi) is 4.83. The zero-order chi connectivity index (χ0) is 20.7. The lowest BCUT2D eigenvalue weighted by Gasteiger charge is -2.22. The third-order valence-electron chi connectivity index (χ3n) is 3.89. The van der Waals surface area contributed by atoms with Gasteiger partial charge in [0.1, 0.15) is 11.2 Å². The van der Waals surface area contributed by atoms with Gasteiger partial charge in [-0.1, -0.05) is 18.2 Å². The van der Waals surface area contributed by atoms with Crippen LogP contribution in [0.5, 0.6) is 0 Å². The molecule has 3 rings (SSSR count). The van der Waals surface area contributed by atoms with Crippen molar-refractivity contribution in [1.29, 1.82) is 0 Å². The first kappa shape index (κ1) is 19.7. The van der Waals surface area contributed by atoms with Crippen LogP contribution in [0.25, 0.3) is 22.3 Å². The SMILES string of the molecule is CC(C)(C)OC(=O)n1cccc1-c1cc2ccccc2n1C(=O)OC(C)(C)C. The number of fused-ring (bicyclic) bond motifs is 1. The summed E-state index contributed by atoms with van der Waals surface area (Å²) in [4.78, 5) is 25.6. The van der Waals surface area contributed by atoms with E-state index in [1.54, 1.807) is 18.3 Å². The predicted molar refractivity (Wildman–Crippen MR) is 109 cm³/mol. The highest BCUT2D eigenvalue weighted by Gasteiger charge is 2.26. The standard InChI is InChI=1S/C22H26N2O4/c1-21(2,3)27-19(25)23-13-9-12-17(23)18-14-15-10-7-8-11-16(15)24(18)20(26)28-22(4,5)6/h7-14H,1-6H3. The van der Waals surface area contributed by atoms with Crippen molar-refractivity contribution < 1.29 is 19.1 Å². The van der Waals surface area contributed by atoms with Gasteiger partial charge in [-0.05, 0) is 65.8 Å². The van der Waals surface area contributed by atoms with Crippen LogP contribution in [0.3, 0.4) is 0 Å². The molecular weight excluding hydrogens is 356 g/mol. The van der Waals surface area contributed by atoms with Crippen molar-refractivity contribution in [1.82, 2.24) is 9.13 Å². The number of nitrogens with zero attached hydrogens (tertiary/aromatic N) is 2. The molecule has 1 aromatic carbocycles. The molecule has 6 nitrogen and oxygen atoms in total. The number of ether oxygens (including phenoxy) is 2. The smallest absolute Gasteiger partial charge is 0.419 e. The lowest BCUT2D eigenvalue weighted by Crippen LogP contribution is -2.29. The lowest BCUT2D eigenvalue weighted by molar-refractivity contribution is 0.0523. The Morgan fingerprint density at radius 2 is 1.39 bits per heavy atom. The molecule has 2 heterocycles. The van der Waals surface area contributed by atoms with Gasteiger partial charge in [-0.3, -0.25) is 4.57 Å². The number of para-hydroxylation sites is 1. The predicted octanol–water partition coefficient (Wildman–Crippen LogP) is 5.68. The first-order valence-corrected chi connectivity index (χ1v) is 9.21. The largest absolute Gasteiger partial charge is 0.443 e. The van der Waals surface area contributed by atoms with Gasteiger partial charge in [0.2, 0.25) is 0 Å². The molecule has 0 spiro atoms. The first-order chi connectivity index (χ1) is 13.0. The second-order valence-electron chi connectivity index (χ2n) is 8.65. The molecule has 0 radical (unpaired) electrons. The average molecular weight is 382 g/mol. The molecule has 0 N–H and O–H groups in total. The van der Waals surface area contributed by atoms with Crippen LogP contribution < -0.4 is 0 Å². The third-order valence-corrected chi connectivity index (χ3v) is 3.89. The number of hydrogen-bond donors (Lipinski definition) is 0. The van der Waals surface area contributed by atoms with Crippen LogP contribution in [0, 0.1) is 0 Å². The van der Waals surface area contributed by atoms with Gasteiger partial charge >= 0.3 is 12.2 Å². The van der Waals surface area contributed by atoms with Gasteiger partial charge in [-0.15, -0.1) is 0 Å². The Hall–Kier alpha value is -3.02. The monoisotopic (exact) mass is 382 g/mol. The van der Waals surface area contributed by atoms with E-state index < -0.39 is 23.4 Å². The van der Waals surface area contributed by atoms with Gasteiger partial charge < -0.3 is 9.47 Å². The molecule has 0 unspecified atom stereocenters. The van der Waals surface area contributed by atoms with Crippen LogP contribution in [0.4, 0.5) is 9.59 Å². The van der Waals surface area contributed by atoms with Crippen LogP contribution >= 0.6 is 0 Å². The highest BCUT2D eigenvalue weighted by atomic mass is 16.6. The van der Waals surface area contributed by atoms with E-state index in [0.717, 1.165) is 5.39 Å². The molecule has 0 fully saturated rings. The van der Waals surface area contributed by atoms with Crippen molar-refractivity contribution >= 4 is 23.1 Å². The topological polar surface area (TPSA) is 62.5 Å². The van der Waals surface area contributed by atoms with Gasteiger partial charge in [-0.25, -0.2) is 14.2 Å². The molecule has 6 heteroatoms. The highest BCUT2D eigenvalue weighted by molar-refractivity contribution is 5.96. The Bertz CT molecular complexity index is 1030. The van der Waals surface area contributed by atoms with Gasteiger partial charge in [0.05, 0.1) is 16.9 Å². The normalized spacial score (nSPS) is 12.2. The van der Waals surface area contributed by atoms with Crippen LogP contribution in [0.2, 0.25) is 0 Å². The van der Waals surface area contributed by atoms with E-state index in [1.165, 1.54) is 9.13 Å². The molecule has 28 heavy (non-hydrogen) atoms. The maximum atomic E-state index is 13.0. The molecular formula is C22H26N2O4. The van der Waals surface area contributed by atoms with Crippen LogP contribution in [-0.2, 0) is 9.47 Å². The lowest BCUT2D eigenvalue weighted by atomic mass is 10.2. The molecule has 3 aromatic rings. The van der Waals surface area contributed by atoms with Crippen LogP contribution in [0.1, 0.15) is 41.5 Å². The number of hydrogen-bond acceptors (Lipinski definition) is 4. The van der Waals surface area contributed by atoms with E-state index in [4.69, 9.17) is 9.47 Å². The fourth-order valence-electron chi connectivity index (χ4n) is 2.91. The second-order valence-corrected chi connectivity index (χ2v) is 8.65. The van der Waals surface area contributed by atoms with E-state index in [0.29, 0.717) is 16.9 Å². The van der Waals surface area contributed by atoms with E-state index in [2.05, 4.69) is 0 Å². The summed E-state index contributed by atoms with van der Waals surface area (Å²) in [5.41, 5.74) is 0.551. The van der Waals surface area contributed by atoms with Gasteiger partial charge in [0, 0.05) is 11.6 Å². The molecule has 0 amide bonds. The minimum Gasteiger partial charge on any atom is -0.443 e. The molecule has 0 aliphatic carbocycles. The minimum absolute atomic E-state index is 0.499. The molecule has 0 aliphatic rings. The summed E-state index contributed by atoms with van der Waals surface area (Å²) in [6, 6.07) is 12.9. The molecule has 0 bridgehead atoms. The quantitative estimate of drug-likeness (QED) is 0.543. The number of aromatic nitrogens is 2. The first-order valence-electron chi connectivity index (χ1n) is 9.21. The Balaban J connectivity index is 2.15. The van der Waals surface area contributed by atoms with Crippen LogP contribution in [0.15, 0.2) is 48.7 Å². The highest BCUT2D eigenvalue weighted by Crippen LogP contribution is 2.30. The summed E-state index contributed by atoms with van der Waals surface area (Å²) < 4.78 is 14.0. The van der Waals surface area contributed by atoms with Crippen LogP contribution in [-0.4, -0.2) is 32.5 Å². The summed E-state index contributed by atoms with van der Waals surface area (Å²) in [5.74, 6) is 0. The van der Waals surface area contributed by atoms with Gasteiger partial charge in [-0.2, -0.15) is 0 Å². The van der Waals surface area contributed by atoms with E-state index >= 15 is 0 Å². The molecule has 0 saturated carbocycles. The molecule has 0 saturated heterocycles. The van der Waals surface area contributed by atoms with E-state index in [9.17, 15) is 9.59 Å². The summed E-state index contributed by atoms with van der Waals surface area (Å²) in [5, 5.41) is 0.875. The number of carbonyl (C=O) groups is 2. The molecule has 2 aromatic heterocycles. The molecule has 0 aliphatic heterocycles. The number of benzene rings is 1. The zero-order valence-electron chi connectivity index (χ0n) is 17.1. The summed E-state index contributed by atoms with van der Waals surface area (Å²) in [6.07, 6.45) is 0.620. The van der Waals surface area contributed by atoms with Crippen molar-refractivity contribution in [3.05, 3.63) is 48.7 Å². The summed E-state index contributed by atoms with van der Waals surface area (Å²) in [7, 11) is 0. The van der Waals surface area contributed by atoms with Crippen molar-refractivity contribution in [2.24, 2.45) is 0 Å². The van der Waals surface area contributed by atoms with Crippen molar-refractivity contribution in [3.8, 4) is 11.4 Å². The summed E-state index contributed by atoms with van der Waals surface area (Å²) >= 11 is 0. The van der Waals surface area contributed by atoms with Crippen molar-refractivity contribution in [2.75, 3.05) is 0 Å². The van der Waals surface area contributed by atoms with E-state index in [1.807, 2.05) is 71.9 Å². The average Bonchev–Trinajstić information content (AvgIpc) is 3.15.